The Bertz CT molecular complexity index is 568. The zero-order chi connectivity index (χ0) is 16.0. The smallest absolute Gasteiger partial charge is 0.196 e. The van der Waals surface area contributed by atoms with Gasteiger partial charge in [-0.2, -0.15) is 0 Å². The highest BCUT2D eigenvalue weighted by Crippen LogP contribution is 2.68. The first-order chi connectivity index (χ1) is 10.9. The Morgan fingerprint density at radius 2 is 2.04 bits per heavy atom. The Morgan fingerprint density at radius 3 is 2.83 bits per heavy atom. The lowest BCUT2D eigenvalue weighted by molar-refractivity contribution is -0.0486. The first-order valence-electron chi connectivity index (χ1n) is 10.0. The highest BCUT2D eigenvalue weighted by molar-refractivity contribution is 5.30. The van der Waals surface area contributed by atoms with Gasteiger partial charge in [-0.1, -0.05) is 38.8 Å². The monoisotopic (exact) mass is 316 g/mol. The van der Waals surface area contributed by atoms with Crippen molar-refractivity contribution in [3.8, 4) is 0 Å². The van der Waals surface area contributed by atoms with E-state index in [0.717, 1.165) is 36.5 Å². The molecule has 4 aliphatic carbocycles. The van der Waals surface area contributed by atoms with Crippen molar-refractivity contribution in [2.24, 2.45) is 34.5 Å². The highest BCUT2D eigenvalue weighted by Gasteiger charge is 2.66. The van der Waals surface area contributed by atoms with Gasteiger partial charge in [-0.05, 0) is 73.0 Å². The Kier molecular flexibility index (Phi) is 2.88. The van der Waals surface area contributed by atoms with Crippen molar-refractivity contribution in [3.63, 3.8) is 0 Å². The van der Waals surface area contributed by atoms with Crippen molar-refractivity contribution < 1.29 is 9.84 Å². The van der Waals surface area contributed by atoms with E-state index in [4.69, 9.17) is 4.74 Å². The van der Waals surface area contributed by atoms with E-state index in [1.54, 1.807) is 0 Å². The van der Waals surface area contributed by atoms with Gasteiger partial charge in [0.1, 0.15) is 6.10 Å². The molecule has 1 heterocycles. The third-order valence-electron chi connectivity index (χ3n) is 9.16. The van der Waals surface area contributed by atoms with Crippen LogP contribution in [0.3, 0.4) is 0 Å². The second-order valence-electron chi connectivity index (χ2n) is 9.82. The molecular formula is C21H32O2. The maximum Gasteiger partial charge on any atom is 0.196 e. The van der Waals surface area contributed by atoms with Gasteiger partial charge in [0.25, 0.3) is 0 Å². The average Bonchev–Trinajstić information content (AvgIpc) is 3.01. The van der Waals surface area contributed by atoms with E-state index in [2.05, 4.69) is 26.8 Å². The van der Waals surface area contributed by atoms with Crippen molar-refractivity contribution in [1.29, 1.82) is 0 Å². The minimum atomic E-state index is -0.790. The van der Waals surface area contributed by atoms with Crippen LogP contribution in [-0.4, -0.2) is 17.0 Å². The Morgan fingerprint density at radius 1 is 1.22 bits per heavy atom. The molecular weight excluding hydrogens is 284 g/mol. The van der Waals surface area contributed by atoms with Crippen LogP contribution < -0.4 is 0 Å². The largest absolute Gasteiger partial charge is 0.363 e. The second-order valence-corrected chi connectivity index (χ2v) is 9.82. The molecule has 128 valence electrons. The van der Waals surface area contributed by atoms with Crippen LogP contribution in [0.4, 0.5) is 0 Å². The summed E-state index contributed by atoms with van der Waals surface area (Å²) in [6, 6.07) is 0. The van der Waals surface area contributed by atoms with Crippen LogP contribution in [0.1, 0.15) is 72.1 Å². The predicted molar refractivity (Wildman–Crippen MR) is 90.7 cm³/mol. The number of epoxide rings is 1. The fourth-order valence-electron chi connectivity index (χ4n) is 7.72. The lowest BCUT2D eigenvalue weighted by Gasteiger charge is -2.57. The van der Waals surface area contributed by atoms with E-state index in [1.807, 2.05) is 0 Å². The molecule has 1 N–H and O–H groups in total. The third kappa shape index (κ3) is 1.78. The zero-order valence-corrected chi connectivity index (χ0v) is 15.0. The Labute approximate surface area is 140 Å². The Hall–Kier alpha value is -0.340. The summed E-state index contributed by atoms with van der Waals surface area (Å²) in [7, 11) is 0. The summed E-state index contributed by atoms with van der Waals surface area (Å²) in [5.41, 5.74) is 2.41. The molecule has 2 nitrogen and oxygen atoms in total. The van der Waals surface area contributed by atoms with E-state index < -0.39 is 5.79 Å². The van der Waals surface area contributed by atoms with Gasteiger partial charge < -0.3 is 9.84 Å². The van der Waals surface area contributed by atoms with Gasteiger partial charge in [0.2, 0.25) is 0 Å². The van der Waals surface area contributed by atoms with Crippen molar-refractivity contribution in [3.05, 3.63) is 11.6 Å². The normalized spacial score (nSPS) is 60.2. The molecule has 0 radical (unpaired) electrons. The summed E-state index contributed by atoms with van der Waals surface area (Å²) in [5, 5.41) is 10.4. The van der Waals surface area contributed by atoms with Gasteiger partial charge in [-0.15, -0.1) is 0 Å². The Balaban J connectivity index is 1.49. The molecule has 0 aromatic rings. The molecule has 3 saturated carbocycles. The maximum atomic E-state index is 10.4. The molecule has 0 bridgehead atoms. The van der Waals surface area contributed by atoms with Crippen LogP contribution in [0.5, 0.6) is 0 Å². The predicted octanol–water partition coefficient (Wildman–Crippen LogP) is 4.67. The maximum absolute atomic E-state index is 10.4. The molecule has 23 heavy (non-hydrogen) atoms. The molecule has 8 atom stereocenters. The second kappa shape index (κ2) is 4.43. The average molecular weight is 316 g/mol. The molecule has 4 fully saturated rings. The van der Waals surface area contributed by atoms with E-state index in [0.29, 0.717) is 10.8 Å². The molecule has 0 aromatic heterocycles. The molecule has 1 unspecified atom stereocenters. The van der Waals surface area contributed by atoms with Crippen molar-refractivity contribution in [1.82, 2.24) is 0 Å². The van der Waals surface area contributed by atoms with Crippen molar-refractivity contribution >= 4 is 0 Å². The van der Waals surface area contributed by atoms with E-state index in [-0.39, 0.29) is 6.10 Å². The number of hydrogen-bond acceptors (Lipinski definition) is 2. The van der Waals surface area contributed by atoms with E-state index >= 15 is 0 Å². The fraction of sp³-hybridized carbons (Fsp3) is 0.905. The molecule has 0 amide bonds. The summed E-state index contributed by atoms with van der Waals surface area (Å²) >= 11 is 0. The summed E-state index contributed by atoms with van der Waals surface area (Å²) < 4.78 is 5.66. The number of hydrogen-bond donors (Lipinski definition) is 1. The fourth-order valence-corrected chi connectivity index (χ4v) is 7.72. The molecule has 1 aliphatic heterocycles. The molecule has 2 heteroatoms. The van der Waals surface area contributed by atoms with Crippen LogP contribution in [0.15, 0.2) is 11.6 Å². The van der Waals surface area contributed by atoms with Gasteiger partial charge in [0, 0.05) is 6.42 Å². The van der Waals surface area contributed by atoms with Crippen LogP contribution in [0, 0.1) is 34.5 Å². The number of ether oxygens (including phenoxy) is 1. The number of aliphatic hydroxyl groups is 1. The zero-order valence-electron chi connectivity index (χ0n) is 15.0. The number of fused-ring (bicyclic) bond motifs is 6. The summed E-state index contributed by atoms with van der Waals surface area (Å²) in [4.78, 5) is 0. The molecule has 0 spiro atoms. The lowest BCUT2D eigenvalue weighted by atomic mass is 9.47. The first kappa shape index (κ1) is 15.0. The van der Waals surface area contributed by atoms with Gasteiger partial charge in [-0.3, -0.25) is 0 Å². The van der Waals surface area contributed by atoms with Crippen molar-refractivity contribution in [2.45, 2.75) is 84.0 Å². The summed E-state index contributed by atoms with van der Waals surface area (Å²) in [6.45, 7) is 7.50. The van der Waals surface area contributed by atoms with E-state index in [9.17, 15) is 5.11 Å². The standard InChI is InChI=1S/C21H32O2/c1-4-13-6-8-16-15-7-5-14-11-21(22)18(23-21)12-20(14,3)17(15)9-10-19(13,16)2/h5,13,15-18,22H,4,6-12H2,1-3H3/t13-,15-,16-,17-,18?,19+,20-,21-/m0/s1. The van der Waals surface area contributed by atoms with Crippen molar-refractivity contribution in [2.75, 3.05) is 0 Å². The topological polar surface area (TPSA) is 32.8 Å². The van der Waals surface area contributed by atoms with Crippen LogP contribution in [-0.2, 0) is 4.74 Å². The summed E-state index contributed by atoms with van der Waals surface area (Å²) in [6.07, 6.45) is 12.8. The third-order valence-corrected chi connectivity index (χ3v) is 9.16. The SMILES string of the molecule is CC[C@H]1CC[C@H]2[C@@H]3CC=C4C[C@]5(O)OC5C[C@]4(C)[C@H]3CC[C@]12C. The quantitative estimate of drug-likeness (QED) is 0.563. The molecule has 5 aliphatic rings. The number of rotatable bonds is 1. The highest BCUT2D eigenvalue weighted by atomic mass is 16.7. The minimum absolute atomic E-state index is 0.115. The molecule has 5 rings (SSSR count). The van der Waals surface area contributed by atoms with Gasteiger partial charge in [-0.25, -0.2) is 0 Å². The minimum Gasteiger partial charge on any atom is -0.363 e. The first-order valence-corrected chi connectivity index (χ1v) is 10.0. The van der Waals surface area contributed by atoms with Crippen LogP contribution >= 0.6 is 0 Å². The van der Waals surface area contributed by atoms with Gasteiger partial charge in [0.15, 0.2) is 5.79 Å². The summed E-state index contributed by atoms with van der Waals surface area (Å²) in [5.74, 6) is 2.80. The molecule has 1 saturated heterocycles. The van der Waals surface area contributed by atoms with Crippen LogP contribution in [0.25, 0.3) is 0 Å². The van der Waals surface area contributed by atoms with Crippen LogP contribution in [0.2, 0.25) is 0 Å². The van der Waals surface area contributed by atoms with Gasteiger partial charge in [0.05, 0.1) is 0 Å². The number of allylic oxidation sites excluding steroid dienone is 1. The lowest BCUT2D eigenvalue weighted by Crippen LogP contribution is -2.51. The van der Waals surface area contributed by atoms with Gasteiger partial charge >= 0.3 is 0 Å². The molecule has 0 aromatic carbocycles. The van der Waals surface area contributed by atoms with E-state index in [1.165, 1.54) is 44.1 Å².